The summed E-state index contributed by atoms with van der Waals surface area (Å²) in [6, 6.07) is 13.1. The molecule has 3 heterocycles. The van der Waals surface area contributed by atoms with Crippen LogP contribution in [0.25, 0.3) is 16.9 Å². The van der Waals surface area contributed by atoms with Gasteiger partial charge in [0, 0.05) is 22.2 Å². The van der Waals surface area contributed by atoms with Crippen molar-refractivity contribution in [3.8, 4) is 11.3 Å². The highest BCUT2D eigenvalue weighted by atomic mass is 35.5. The van der Waals surface area contributed by atoms with E-state index in [0.717, 1.165) is 16.9 Å². The number of hydrogen-bond donors (Lipinski definition) is 1. The number of halogens is 1. The number of anilines is 1. The van der Waals surface area contributed by atoms with Gasteiger partial charge in [-0.25, -0.2) is 9.97 Å². The third-order valence-electron chi connectivity index (χ3n) is 3.78. The van der Waals surface area contributed by atoms with Gasteiger partial charge in [-0.2, -0.15) is 0 Å². The van der Waals surface area contributed by atoms with Crippen LogP contribution in [0.5, 0.6) is 0 Å². The minimum atomic E-state index is -0.229. The Hall–Kier alpha value is -2.70. The Morgan fingerprint density at radius 3 is 2.76 bits per heavy atom. The second kappa shape index (κ2) is 6.31. The number of benzene rings is 1. The van der Waals surface area contributed by atoms with Crippen LogP contribution in [0.4, 0.5) is 5.13 Å². The predicted octanol–water partition coefficient (Wildman–Crippen LogP) is 4.67. The monoisotopic (exact) mass is 368 g/mol. The molecule has 4 aromatic rings. The molecule has 0 spiro atoms. The molecule has 3 aromatic heterocycles. The number of nitrogens with zero attached hydrogens (tertiary/aromatic N) is 3. The number of fused-ring (bicyclic) bond motifs is 1. The fourth-order valence-corrected chi connectivity index (χ4v) is 3.47. The van der Waals surface area contributed by atoms with Crippen LogP contribution in [0.1, 0.15) is 16.2 Å². The molecule has 0 aliphatic carbocycles. The molecular weight excluding hydrogens is 356 g/mol. The van der Waals surface area contributed by atoms with Crippen molar-refractivity contribution >= 4 is 39.6 Å². The van der Waals surface area contributed by atoms with Gasteiger partial charge in [-0.3, -0.25) is 14.5 Å². The van der Waals surface area contributed by atoms with E-state index in [9.17, 15) is 4.79 Å². The highest BCUT2D eigenvalue weighted by molar-refractivity contribution is 7.14. The average molecular weight is 369 g/mol. The molecule has 1 amide bonds. The Morgan fingerprint density at radius 2 is 1.96 bits per heavy atom. The summed E-state index contributed by atoms with van der Waals surface area (Å²) in [6.45, 7) is 1.82. The van der Waals surface area contributed by atoms with Gasteiger partial charge in [0.05, 0.1) is 11.4 Å². The molecule has 0 radical (unpaired) electrons. The largest absolute Gasteiger partial charge is 0.296 e. The number of hydrogen-bond acceptors (Lipinski definition) is 4. The number of carbonyl (C=O) groups is 1. The number of nitrogens with one attached hydrogen (secondary N) is 1. The van der Waals surface area contributed by atoms with E-state index in [4.69, 9.17) is 11.6 Å². The summed E-state index contributed by atoms with van der Waals surface area (Å²) >= 11 is 7.29. The Labute approximate surface area is 152 Å². The van der Waals surface area contributed by atoms with E-state index in [1.54, 1.807) is 4.40 Å². The topological polar surface area (TPSA) is 59.3 Å². The molecule has 1 aromatic carbocycles. The van der Waals surface area contributed by atoms with Gasteiger partial charge in [-0.15, -0.1) is 11.3 Å². The third kappa shape index (κ3) is 3.01. The van der Waals surface area contributed by atoms with Crippen LogP contribution >= 0.6 is 22.9 Å². The smallest absolute Gasteiger partial charge is 0.276 e. The number of aromatic nitrogens is 3. The molecule has 0 aliphatic rings. The molecule has 4 rings (SSSR count). The standard InChI is InChI=1S/C18H13ClN4OS/c1-11-16(23-9-3-2-4-15(23)20-11)17(24)22-18-21-14(10-25-18)12-5-7-13(19)8-6-12/h2-10H,1H3,(H,21,22,24). The van der Waals surface area contributed by atoms with Crippen LogP contribution in [0.2, 0.25) is 5.02 Å². The van der Waals surface area contributed by atoms with Gasteiger partial charge in [0.15, 0.2) is 5.13 Å². The number of thiazole rings is 1. The lowest BCUT2D eigenvalue weighted by Gasteiger charge is -2.03. The summed E-state index contributed by atoms with van der Waals surface area (Å²) in [5.41, 5.74) is 3.68. The minimum Gasteiger partial charge on any atom is -0.296 e. The molecule has 0 fully saturated rings. The van der Waals surface area contributed by atoms with Crippen molar-refractivity contribution in [2.75, 3.05) is 5.32 Å². The van der Waals surface area contributed by atoms with Crippen LogP contribution in [0.15, 0.2) is 54.0 Å². The van der Waals surface area contributed by atoms with E-state index in [-0.39, 0.29) is 5.91 Å². The fraction of sp³-hybridized carbons (Fsp3) is 0.0556. The summed E-state index contributed by atoms with van der Waals surface area (Å²) in [5.74, 6) is -0.229. The highest BCUT2D eigenvalue weighted by Crippen LogP contribution is 2.26. The summed E-state index contributed by atoms with van der Waals surface area (Å²) in [5, 5.41) is 5.98. The molecule has 1 N–H and O–H groups in total. The summed E-state index contributed by atoms with van der Waals surface area (Å²) in [7, 11) is 0. The molecule has 0 saturated heterocycles. The lowest BCUT2D eigenvalue weighted by Crippen LogP contribution is -2.15. The Balaban J connectivity index is 1.61. The molecule has 0 aliphatic heterocycles. The normalized spacial score (nSPS) is 11.0. The van der Waals surface area contributed by atoms with Crippen LogP contribution in [-0.4, -0.2) is 20.3 Å². The zero-order valence-electron chi connectivity index (χ0n) is 13.2. The van der Waals surface area contributed by atoms with Crippen molar-refractivity contribution in [2.24, 2.45) is 0 Å². The molecule has 0 atom stereocenters. The van der Waals surface area contributed by atoms with E-state index in [2.05, 4.69) is 15.3 Å². The molecule has 0 saturated carbocycles. The van der Waals surface area contributed by atoms with Crippen molar-refractivity contribution in [1.82, 2.24) is 14.4 Å². The van der Waals surface area contributed by atoms with E-state index in [1.807, 2.05) is 61.0 Å². The van der Waals surface area contributed by atoms with Gasteiger partial charge in [-0.05, 0) is 31.2 Å². The molecule has 7 heteroatoms. The quantitative estimate of drug-likeness (QED) is 0.571. The lowest BCUT2D eigenvalue weighted by molar-refractivity contribution is 0.102. The number of aryl methyl sites for hydroxylation is 1. The van der Waals surface area contributed by atoms with Crippen LogP contribution in [0, 0.1) is 6.92 Å². The van der Waals surface area contributed by atoms with Gasteiger partial charge in [0.25, 0.3) is 5.91 Å². The first-order valence-electron chi connectivity index (χ1n) is 7.58. The predicted molar refractivity (Wildman–Crippen MR) is 100 cm³/mol. The van der Waals surface area contributed by atoms with E-state index < -0.39 is 0 Å². The zero-order chi connectivity index (χ0) is 17.4. The van der Waals surface area contributed by atoms with Crippen molar-refractivity contribution in [1.29, 1.82) is 0 Å². The maximum absolute atomic E-state index is 12.7. The first kappa shape index (κ1) is 15.8. The summed E-state index contributed by atoms with van der Waals surface area (Å²) in [6.07, 6.45) is 1.82. The summed E-state index contributed by atoms with van der Waals surface area (Å²) in [4.78, 5) is 21.6. The van der Waals surface area contributed by atoms with E-state index in [0.29, 0.717) is 21.5 Å². The Bertz CT molecular complexity index is 1070. The van der Waals surface area contributed by atoms with Gasteiger partial charge < -0.3 is 0 Å². The highest BCUT2D eigenvalue weighted by Gasteiger charge is 2.17. The van der Waals surface area contributed by atoms with Gasteiger partial charge >= 0.3 is 0 Å². The molecule has 5 nitrogen and oxygen atoms in total. The number of amides is 1. The van der Waals surface area contributed by atoms with Crippen LogP contribution in [0.3, 0.4) is 0 Å². The summed E-state index contributed by atoms with van der Waals surface area (Å²) < 4.78 is 1.78. The van der Waals surface area contributed by atoms with Crippen LogP contribution in [-0.2, 0) is 0 Å². The van der Waals surface area contributed by atoms with Crippen molar-refractivity contribution < 1.29 is 4.79 Å². The van der Waals surface area contributed by atoms with Crippen LogP contribution < -0.4 is 5.32 Å². The number of rotatable bonds is 3. The van der Waals surface area contributed by atoms with E-state index in [1.165, 1.54) is 11.3 Å². The molecule has 0 bridgehead atoms. The molecule has 124 valence electrons. The second-order valence-electron chi connectivity index (χ2n) is 5.47. The van der Waals surface area contributed by atoms with Gasteiger partial charge in [0.2, 0.25) is 0 Å². The fourth-order valence-electron chi connectivity index (χ4n) is 2.63. The third-order valence-corrected chi connectivity index (χ3v) is 4.79. The van der Waals surface area contributed by atoms with Gasteiger partial charge in [-0.1, -0.05) is 29.8 Å². The molecular formula is C18H13ClN4OS. The lowest BCUT2D eigenvalue weighted by atomic mass is 10.2. The zero-order valence-corrected chi connectivity index (χ0v) is 14.8. The van der Waals surface area contributed by atoms with Gasteiger partial charge in [0.1, 0.15) is 11.3 Å². The number of pyridine rings is 1. The maximum atomic E-state index is 12.7. The average Bonchev–Trinajstić information content (AvgIpc) is 3.18. The first-order chi connectivity index (χ1) is 12.1. The first-order valence-corrected chi connectivity index (χ1v) is 8.84. The second-order valence-corrected chi connectivity index (χ2v) is 6.77. The number of imidazole rings is 1. The Morgan fingerprint density at radius 1 is 1.16 bits per heavy atom. The molecule has 0 unspecified atom stereocenters. The van der Waals surface area contributed by atoms with Crippen molar-refractivity contribution in [3.63, 3.8) is 0 Å². The Kier molecular flexibility index (Phi) is 3.99. The van der Waals surface area contributed by atoms with E-state index >= 15 is 0 Å². The maximum Gasteiger partial charge on any atom is 0.276 e. The molecule has 25 heavy (non-hydrogen) atoms. The SMILES string of the molecule is Cc1nc2ccccn2c1C(=O)Nc1nc(-c2ccc(Cl)cc2)cs1. The minimum absolute atomic E-state index is 0.229. The van der Waals surface area contributed by atoms with Crippen molar-refractivity contribution in [3.05, 3.63) is 70.5 Å². The number of carbonyl (C=O) groups excluding carboxylic acids is 1. The van der Waals surface area contributed by atoms with Crippen molar-refractivity contribution in [2.45, 2.75) is 6.92 Å².